The van der Waals surface area contributed by atoms with Crippen LogP contribution < -0.4 is 10.1 Å². The van der Waals surface area contributed by atoms with Crippen molar-refractivity contribution in [3.05, 3.63) is 96.2 Å². The lowest BCUT2D eigenvalue weighted by Crippen LogP contribution is -2.26. The summed E-state index contributed by atoms with van der Waals surface area (Å²) < 4.78 is 11.5. The van der Waals surface area contributed by atoms with E-state index in [0.29, 0.717) is 35.9 Å². The molecule has 0 fully saturated rings. The molecule has 31 heavy (non-hydrogen) atoms. The topological polar surface area (TPSA) is 64.4 Å². The maximum Gasteiger partial charge on any atom is 0.252 e. The van der Waals surface area contributed by atoms with Crippen LogP contribution in [0.2, 0.25) is 0 Å². The van der Waals surface area contributed by atoms with Crippen molar-refractivity contribution in [3.8, 4) is 28.5 Å². The van der Waals surface area contributed by atoms with Crippen LogP contribution in [0.25, 0.3) is 22.8 Å². The fourth-order valence-corrected chi connectivity index (χ4v) is 3.34. The van der Waals surface area contributed by atoms with Gasteiger partial charge in [0.25, 0.3) is 5.91 Å². The molecule has 5 heteroatoms. The second-order valence-corrected chi connectivity index (χ2v) is 7.02. The number of carbonyl (C=O) groups is 1. The number of amides is 1. The van der Waals surface area contributed by atoms with Crippen LogP contribution in [0.1, 0.15) is 22.8 Å². The fourth-order valence-electron chi connectivity index (χ4n) is 3.34. The van der Waals surface area contributed by atoms with Gasteiger partial charge in [-0.15, -0.1) is 0 Å². The van der Waals surface area contributed by atoms with Gasteiger partial charge in [-0.05, 0) is 55.3 Å². The summed E-state index contributed by atoms with van der Waals surface area (Å²) in [5.41, 5.74) is 3.28. The summed E-state index contributed by atoms with van der Waals surface area (Å²) in [5.74, 6) is 1.71. The molecule has 0 saturated heterocycles. The Kier molecular flexibility index (Phi) is 6.43. The van der Waals surface area contributed by atoms with E-state index in [1.54, 1.807) is 12.3 Å². The normalized spacial score (nSPS) is 10.6. The van der Waals surface area contributed by atoms with Crippen LogP contribution >= 0.6 is 0 Å². The van der Waals surface area contributed by atoms with Crippen LogP contribution in [0.4, 0.5) is 0 Å². The van der Waals surface area contributed by atoms with Crippen molar-refractivity contribution in [2.45, 2.75) is 13.3 Å². The molecule has 0 aliphatic heterocycles. The molecule has 0 aliphatic rings. The van der Waals surface area contributed by atoms with Crippen LogP contribution in [0.3, 0.4) is 0 Å². The molecular formula is C26H24N2O3. The molecule has 0 spiro atoms. The summed E-state index contributed by atoms with van der Waals surface area (Å²) in [6.07, 6.45) is 2.45. The van der Waals surface area contributed by atoms with E-state index >= 15 is 0 Å². The van der Waals surface area contributed by atoms with Crippen molar-refractivity contribution in [2.24, 2.45) is 0 Å². The van der Waals surface area contributed by atoms with E-state index in [1.165, 1.54) is 5.56 Å². The number of carbonyl (C=O) groups excluding carboxylic acids is 1. The van der Waals surface area contributed by atoms with Gasteiger partial charge in [-0.2, -0.15) is 0 Å². The Morgan fingerprint density at radius 3 is 2.48 bits per heavy atom. The molecule has 0 radical (unpaired) electrons. The van der Waals surface area contributed by atoms with Gasteiger partial charge in [-0.25, -0.2) is 4.98 Å². The maximum absolute atomic E-state index is 12.8. The zero-order valence-electron chi connectivity index (χ0n) is 17.4. The van der Waals surface area contributed by atoms with E-state index in [1.807, 2.05) is 67.6 Å². The van der Waals surface area contributed by atoms with Gasteiger partial charge < -0.3 is 14.5 Å². The van der Waals surface area contributed by atoms with Crippen LogP contribution in [0.15, 0.2) is 89.5 Å². The molecule has 1 heterocycles. The molecular weight excluding hydrogens is 388 g/mol. The molecule has 4 rings (SSSR count). The molecule has 0 unspecified atom stereocenters. The van der Waals surface area contributed by atoms with Crippen molar-refractivity contribution in [1.82, 2.24) is 10.3 Å². The predicted molar refractivity (Wildman–Crippen MR) is 121 cm³/mol. The van der Waals surface area contributed by atoms with E-state index in [0.717, 1.165) is 17.7 Å². The largest absolute Gasteiger partial charge is 0.494 e. The van der Waals surface area contributed by atoms with E-state index in [4.69, 9.17) is 9.15 Å². The van der Waals surface area contributed by atoms with Gasteiger partial charge in [0, 0.05) is 17.7 Å². The summed E-state index contributed by atoms with van der Waals surface area (Å²) in [7, 11) is 0. The Labute approximate surface area is 181 Å². The Morgan fingerprint density at radius 2 is 1.71 bits per heavy atom. The number of nitrogens with zero attached hydrogens (tertiary/aromatic N) is 1. The molecule has 1 amide bonds. The number of rotatable bonds is 8. The first-order chi connectivity index (χ1) is 15.2. The molecule has 0 atom stereocenters. The van der Waals surface area contributed by atoms with Gasteiger partial charge in [0.15, 0.2) is 5.76 Å². The van der Waals surface area contributed by atoms with E-state index in [-0.39, 0.29) is 5.91 Å². The molecule has 1 N–H and O–H groups in total. The molecule has 1 aromatic heterocycles. The van der Waals surface area contributed by atoms with Crippen molar-refractivity contribution < 1.29 is 13.9 Å². The van der Waals surface area contributed by atoms with Gasteiger partial charge in [0.2, 0.25) is 5.89 Å². The summed E-state index contributed by atoms with van der Waals surface area (Å²) in [6.45, 7) is 3.13. The van der Waals surface area contributed by atoms with E-state index in [9.17, 15) is 4.79 Å². The van der Waals surface area contributed by atoms with Crippen LogP contribution in [-0.2, 0) is 6.42 Å². The van der Waals surface area contributed by atoms with Crippen LogP contribution in [0.5, 0.6) is 5.75 Å². The Hall–Kier alpha value is -3.86. The van der Waals surface area contributed by atoms with Crippen molar-refractivity contribution in [1.29, 1.82) is 0 Å². The average Bonchev–Trinajstić information content (AvgIpc) is 3.31. The van der Waals surface area contributed by atoms with Gasteiger partial charge >= 0.3 is 0 Å². The summed E-state index contributed by atoms with van der Waals surface area (Å²) in [4.78, 5) is 17.2. The second kappa shape index (κ2) is 9.76. The summed E-state index contributed by atoms with van der Waals surface area (Å²) >= 11 is 0. The lowest BCUT2D eigenvalue weighted by molar-refractivity contribution is 0.0954. The van der Waals surface area contributed by atoms with Crippen molar-refractivity contribution in [2.75, 3.05) is 13.2 Å². The van der Waals surface area contributed by atoms with Gasteiger partial charge in [-0.3, -0.25) is 4.79 Å². The third kappa shape index (κ3) is 5.01. The second-order valence-electron chi connectivity index (χ2n) is 7.02. The number of benzene rings is 3. The molecule has 0 saturated carbocycles. The number of aromatic nitrogens is 1. The van der Waals surface area contributed by atoms with Gasteiger partial charge in [0.05, 0.1) is 18.4 Å². The Bertz CT molecular complexity index is 1130. The highest BCUT2D eigenvalue weighted by atomic mass is 16.5. The highest BCUT2D eigenvalue weighted by Gasteiger charge is 2.16. The lowest BCUT2D eigenvalue weighted by atomic mass is 10.1. The zero-order valence-corrected chi connectivity index (χ0v) is 17.4. The van der Waals surface area contributed by atoms with Crippen LogP contribution in [-0.4, -0.2) is 24.0 Å². The Balaban J connectivity index is 1.48. The summed E-state index contributed by atoms with van der Waals surface area (Å²) in [6, 6.07) is 25.1. The standard InChI is InChI=1S/C26H24N2O3/c1-2-30-21-14-12-20(13-15-21)24-18-28-26(31-24)23-11-7-6-10-22(23)25(29)27-17-16-19-8-4-3-5-9-19/h3-15,18H,2,16-17H2,1H3,(H,27,29). The number of oxazole rings is 1. The lowest BCUT2D eigenvalue weighted by Gasteiger charge is -2.08. The molecule has 4 aromatic rings. The quantitative estimate of drug-likeness (QED) is 0.422. The minimum atomic E-state index is -0.146. The highest BCUT2D eigenvalue weighted by molar-refractivity contribution is 6.00. The van der Waals surface area contributed by atoms with E-state index in [2.05, 4.69) is 22.4 Å². The predicted octanol–water partition coefficient (Wildman–Crippen LogP) is 5.38. The monoisotopic (exact) mass is 412 g/mol. The van der Waals surface area contributed by atoms with Crippen molar-refractivity contribution >= 4 is 5.91 Å². The number of ether oxygens (including phenoxy) is 1. The fraction of sp³-hybridized carbons (Fsp3) is 0.154. The van der Waals surface area contributed by atoms with E-state index < -0.39 is 0 Å². The first kappa shape index (κ1) is 20.4. The molecule has 0 bridgehead atoms. The smallest absolute Gasteiger partial charge is 0.252 e. The van der Waals surface area contributed by atoms with Crippen molar-refractivity contribution in [3.63, 3.8) is 0 Å². The Morgan fingerprint density at radius 1 is 0.968 bits per heavy atom. The van der Waals surface area contributed by atoms with Crippen LogP contribution in [0, 0.1) is 0 Å². The first-order valence-corrected chi connectivity index (χ1v) is 10.3. The summed E-state index contributed by atoms with van der Waals surface area (Å²) in [5, 5.41) is 2.99. The molecule has 0 aliphatic carbocycles. The van der Waals surface area contributed by atoms with Gasteiger partial charge in [0.1, 0.15) is 5.75 Å². The third-order valence-corrected chi connectivity index (χ3v) is 4.90. The molecule has 3 aromatic carbocycles. The third-order valence-electron chi connectivity index (χ3n) is 4.90. The number of hydrogen-bond donors (Lipinski definition) is 1. The first-order valence-electron chi connectivity index (χ1n) is 10.3. The average molecular weight is 412 g/mol. The molecule has 156 valence electrons. The SMILES string of the molecule is CCOc1ccc(-c2cnc(-c3ccccc3C(=O)NCCc3ccccc3)o2)cc1. The molecule has 5 nitrogen and oxygen atoms in total. The minimum Gasteiger partial charge on any atom is -0.494 e. The minimum absolute atomic E-state index is 0.146. The zero-order chi connectivity index (χ0) is 21.5. The number of hydrogen-bond acceptors (Lipinski definition) is 4. The maximum atomic E-state index is 12.8. The highest BCUT2D eigenvalue weighted by Crippen LogP contribution is 2.29. The van der Waals surface area contributed by atoms with Gasteiger partial charge in [-0.1, -0.05) is 42.5 Å². The number of nitrogens with one attached hydrogen (secondary N) is 1.